The van der Waals surface area contributed by atoms with Crippen LogP contribution in [0.1, 0.15) is 12.8 Å². The summed E-state index contributed by atoms with van der Waals surface area (Å²) in [7, 11) is -3.52. The van der Waals surface area contributed by atoms with Crippen molar-refractivity contribution in [2.24, 2.45) is 0 Å². The van der Waals surface area contributed by atoms with Gasteiger partial charge in [0.05, 0.1) is 5.69 Å². The van der Waals surface area contributed by atoms with E-state index in [-0.39, 0.29) is 16.6 Å². The standard InChI is InChI=1S/C11H16N2O3S/c12-10-3-1-2-4-11(10)17(14,15)13-9-5-7-16-8-6-9/h1-4,9,13H,5-8,12H2. The fraction of sp³-hybridized carbons (Fsp3) is 0.455. The van der Waals surface area contributed by atoms with Crippen LogP contribution < -0.4 is 10.5 Å². The summed E-state index contributed by atoms with van der Waals surface area (Å²) in [6.45, 7) is 1.19. The Bertz CT molecular complexity index is 481. The summed E-state index contributed by atoms with van der Waals surface area (Å²) in [6, 6.07) is 6.40. The lowest BCUT2D eigenvalue weighted by molar-refractivity contribution is 0.0832. The van der Waals surface area contributed by atoms with Gasteiger partial charge in [0.1, 0.15) is 4.90 Å². The van der Waals surface area contributed by atoms with E-state index in [0.717, 1.165) is 0 Å². The third-order valence-corrected chi connectivity index (χ3v) is 4.35. The molecule has 0 radical (unpaired) electrons. The van der Waals surface area contributed by atoms with Crippen LogP contribution in [0.25, 0.3) is 0 Å². The van der Waals surface area contributed by atoms with E-state index in [1.165, 1.54) is 6.07 Å². The predicted octanol–water partition coefficient (Wildman–Crippen LogP) is 0.726. The molecule has 0 amide bonds. The zero-order valence-electron chi connectivity index (χ0n) is 9.43. The first-order chi connectivity index (χ1) is 8.09. The SMILES string of the molecule is Nc1ccccc1S(=O)(=O)NC1CCOCC1. The summed E-state index contributed by atoms with van der Waals surface area (Å²) in [5.74, 6) is 0. The molecule has 0 aromatic heterocycles. The minimum absolute atomic E-state index is 0.0617. The summed E-state index contributed by atoms with van der Waals surface area (Å²) in [4.78, 5) is 0.145. The highest BCUT2D eigenvalue weighted by Gasteiger charge is 2.23. The van der Waals surface area contributed by atoms with Gasteiger partial charge < -0.3 is 10.5 Å². The Kier molecular flexibility index (Phi) is 3.66. The zero-order valence-corrected chi connectivity index (χ0v) is 10.2. The van der Waals surface area contributed by atoms with Crippen LogP contribution >= 0.6 is 0 Å². The molecule has 0 saturated carbocycles. The van der Waals surface area contributed by atoms with Gasteiger partial charge in [-0.1, -0.05) is 12.1 Å². The Morgan fingerprint density at radius 3 is 2.53 bits per heavy atom. The number of ether oxygens (including phenoxy) is 1. The number of para-hydroxylation sites is 1. The van der Waals surface area contributed by atoms with E-state index in [4.69, 9.17) is 10.5 Å². The lowest BCUT2D eigenvalue weighted by Gasteiger charge is -2.23. The molecule has 1 saturated heterocycles. The first kappa shape index (κ1) is 12.3. The van der Waals surface area contributed by atoms with E-state index in [9.17, 15) is 8.42 Å². The predicted molar refractivity (Wildman–Crippen MR) is 65.0 cm³/mol. The molecule has 0 unspecified atom stereocenters. The van der Waals surface area contributed by atoms with Crippen molar-refractivity contribution in [3.63, 3.8) is 0 Å². The van der Waals surface area contributed by atoms with Crippen LogP contribution in [0.3, 0.4) is 0 Å². The van der Waals surface area contributed by atoms with Crippen molar-refractivity contribution in [1.29, 1.82) is 0 Å². The Hall–Kier alpha value is -1.11. The Morgan fingerprint density at radius 1 is 1.24 bits per heavy atom. The molecule has 1 aliphatic heterocycles. The maximum Gasteiger partial charge on any atom is 0.242 e. The molecule has 1 fully saturated rings. The number of rotatable bonds is 3. The average molecular weight is 256 g/mol. The second-order valence-electron chi connectivity index (χ2n) is 4.05. The van der Waals surface area contributed by atoms with Crippen molar-refractivity contribution in [3.05, 3.63) is 24.3 Å². The lowest BCUT2D eigenvalue weighted by atomic mass is 10.1. The molecule has 6 heteroatoms. The first-order valence-electron chi connectivity index (χ1n) is 5.54. The molecule has 2 rings (SSSR count). The summed E-state index contributed by atoms with van der Waals surface area (Å²) in [6.07, 6.45) is 1.40. The molecule has 1 aromatic rings. The minimum atomic E-state index is -3.52. The van der Waals surface area contributed by atoms with Gasteiger partial charge in [0.25, 0.3) is 0 Å². The van der Waals surface area contributed by atoms with Crippen LogP contribution in [0, 0.1) is 0 Å². The number of hydrogen-bond acceptors (Lipinski definition) is 4. The highest BCUT2D eigenvalue weighted by Crippen LogP contribution is 2.18. The van der Waals surface area contributed by atoms with Gasteiger partial charge in [-0.15, -0.1) is 0 Å². The van der Waals surface area contributed by atoms with Gasteiger partial charge in [0.2, 0.25) is 10.0 Å². The van der Waals surface area contributed by atoms with Gasteiger partial charge in [-0.05, 0) is 25.0 Å². The van der Waals surface area contributed by atoms with Crippen LogP contribution in [0.2, 0.25) is 0 Å². The molecule has 0 aliphatic carbocycles. The molecule has 0 bridgehead atoms. The second-order valence-corrected chi connectivity index (χ2v) is 5.73. The number of nitrogens with one attached hydrogen (secondary N) is 1. The van der Waals surface area contributed by atoms with E-state index < -0.39 is 10.0 Å². The van der Waals surface area contributed by atoms with Crippen molar-refractivity contribution in [1.82, 2.24) is 4.72 Å². The summed E-state index contributed by atoms with van der Waals surface area (Å²) >= 11 is 0. The van der Waals surface area contributed by atoms with Crippen molar-refractivity contribution < 1.29 is 13.2 Å². The molecular formula is C11H16N2O3S. The smallest absolute Gasteiger partial charge is 0.242 e. The van der Waals surface area contributed by atoms with Gasteiger partial charge in [-0.25, -0.2) is 13.1 Å². The van der Waals surface area contributed by atoms with Gasteiger partial charge >= 0.3 is 0 Å². The summed E-state index contributed by atoms with van der Waals surface area (Å²) < 4.78 is 32.0. The van der Waals surface area contributed by atoms with E-state index in [0.29, 0.717) is 26.1 Å². The van der Waals surface area contributed by atoms with E-state index in [2.05, 4.69) is 4.72 Å². The van der Waals surface area contributed by atoms with Crippen molar-refractivity contribution >= 4 is 15.7 Å². The highest BCUT2D eigenvalue weighted by molar-refractivity contribution is 7.89. The molecule has 94 valence electrons. The zero-order chi connectivity index (χ0) is 12.3. The third-order valence-electron chi connectivity index (χ3n) is 2.75. The molecule has 1 heterocycles. The van der Waals surface area contributed by atoms with Gasteiger partial charge in [0.15, 0.2) is 0 Å². The van der Waals surface area contributed by atoms with Crippen molar-refractivity contribution in [2.75, 3.05) is 18.9 Å². The molecule has 1 aliphatic rings. The number of nitrogen functional groups attached to an aromatic ring is 1. The molecule has 5 nitrogen and oxygen atoms in total. The first-order valence-corrected chi connectivity index (χ1v) is 7.02. The Balaban J connectivity index is 2.16. The number of benzene rings is 1. The number of nitrogens with two attached hydrogens (primary N) is 1. The van der Waals surface area contributed by atoms with Crippen LogP contribution in [0.4, 0.5) is 5.69 Å². The Morgan fingerprint density at radius 2 is 1.88 bits per heavy atom. The fourth-order valence-electron chi connectivity index (χ4n) is 1.82. The molecule has 0 atom stereocenters. The lowest BCUT2D eigenvalue weighted by Crippen LogP contribution is -2.39. The van der Waals surface area contributed by atoms with Crippen molar-refractivity contribution in [2.45, 2.75) is 23.8 Å². The molecule has 1 aromatic carbocycles. The van der Waals surface area contributed by atoms with Gasteiger partial charge in [-0.3, -0.25) is 0 Å². The van der Waals surface area contributed by atoms with E-state index in [1.54, 1.807) is 18.2 Å². The normalized spacial score (nSPS) is 18.1. The average Bonchev–Trinajstić information content (AvgIpc) is 2.30. The van der Waals surface area contributed by atoms with Gasteiger partial charge in [0, 0.05) is 19.3 Å². The molecule has 0 spiro atoms. The second kappa shape index (κ2) is 5.03. The largest absolute Gasteiger partial charge is 0.398 e. The Labute approximate surface area is 101 Å². The number of sulfonamides is 1. The van der Waals surface area contributed by atoms with Gasteiger partial charge in [-0.2, -0.15) is 0 Å². The number of anilines is 1. The quantitative estimate of drug-likeness (QED) is 0.781. The third kappa shape index (κ3) is 2.96. The van der Waals surface area contributed by atoms with Crippen molar-refractivity contribution in [3.8, 4) is 0 Å². The van der Waals surface area contributed by atoms with E-state index in [1.807, 2.05) is 0 Å². The van der Waals surface area contributed by atoms with E-state index >= 15 is 0 Å². The molecule has 3 N–H and O–H groups in total. The number of hydrogen-bond donors (Lipinski definition) is 2. The van der Waals surface area contributed by atoms with Crippen LogP contribution in [-0.4, -0.2) is 27.7 Å². The fourth-order valence-corrected chi connectivity index (χ4v) is 3.26. The van der Waals surface area contributed by atoms with Crippen LogP contribution in [0.15, 0.2) is 29.2 Å². The monoisotopic (exact) mass is 256 g/mol. The maximum absolute atomic E-state index is 12.1. The molecule has 17 heavy (non-hydrogen) atoms. The molecular weight excluding hydrogens is 240 g/mol. The maximum atomic E-state index is 12.1. The topological polar surface area (TPSA) is 81.4 Å². The summed E-state index contributed by atoms with van der Waals surface area (Å²) in [5, 5.41) is 0. The van der Waals surface area contributed by atoms with Crippen LogP contribution in [-0.2, 0) is 14.8 Å². The van der Waals surface area contributed by atoms with Crippen LogP contribution in [0.5, 0.6) is 0 Å². The highest BCUT2D eigenvalue weighted by atomic mass is 32.2. The summed E-state index contributed by atoms with van der Waals surface area (Å²) in [5.41, 5.74) is 5.94. The minimum Gasteiger partial charge on any atom is -0.398 e.